The van der Waals surface area contributed by atoms with Gasteiger partial charge in [-0.3, -0.25) is 0 Å². The minimum Gasteiger partial charge on any atom is -0.390 e. The topological polar surface area (TPSA) is 29.5 Å². The van der Waals surface area contributed by atoms with Crippen LogP contribution in [0.3, 0.4) is 0 Å². The quantitative estimate of drug-likeness (QED) is 0.907. The van der Waals surface area contributed by atoms with Gasteiger partial charge in [-0.05, 0) is 61.5 Å². The van der Waals surface area contributed by atoms with Crippen LogP contribution in [0.4, 0.5) is 0 Å². The Morgan fingerprint density at radius 3 is 2.65 bits per heavy atom. The van der Waals surface area contributed by atoms with Gasteiger partial charge in [0.05, 0.1) is 11.7 Å². The molecule has 1 fully saturated rings. The Hall–Kier alpha value is -0.860. The highest BCUT2D eigenvalue weighted by atomic mass is 16.5. The molecule has 20 heavy (non-hydrogen) atoms. The molecule has 0 radical (unpaired) electrons. The summed E-state index contributed by atoms with van der Waals surface area (Å²) in [6.45, 7) is 2.30. The molecule has 0 aliphatic heterocycles. The molecule has 2 unspecified atom stereocenters. The highest BCUT2D eigenvalue weighted by Gasteiger charge is 2.42. The molecule has 1 aromatic carbocycles. The van der Waals surface area contributed by atoms with E-state index < -0.39 is 0 Å². The van der Waals surface area contributed by atoms with E-state index in [2.05, 4.69) is 31.2 Å². The van der Waals surface area contributed by atoms with Crippen LogP contribution in [0.2, 0.25) is 0 Å². The first-order chi connectivity index (χ1) is 9.64. The van der Waals surface area contributed by atoms with Crippen LogP contribution in [-0.4, -0.2) is 23.9 Å². The summed E-state index contributed by atoms with van der Waals surface area (Å²) in [7, 11) is 1.77. The van der Waals surface area contributed by atoms with Crippen molar-refractivity contribution in [1.29, 1.82) is 0 Å². The summed E-state index contributed by atoms with van der Waals surface area (Å²) >= 11 is 0. The smallest absolute Gasteiger partial charge is 0.0936 e. The number of aliphatic hydroxyl groups excluding tert-OH is 1. The summed E-state index contributed by atoms with van der Waals surface area (Å²) in [6, 6.07) is 8.61. The highest BCUT2D eigenvalue weighted by Crippen LogP contribution is 2.43. The van der Waals surface area contributed by atoms with Gasteiger partial charge in [-0.1, -0.05) is 31.2 Å². The van der Waals surface area contributed by atoms with E-state index in [1.54, 1.807) is 7.11 Å². The molecule has 0 amide bonds. The predicted molar refractivity (Wildman–Crippen MR) is 80.9 cm³/mol. The van der Waals surface area contributed by atoms with Gasteiger partial charge in [0.15, 0.2) is 0 Å². The lowest BCUT2D eigenvalue weighted by Gasteiger charge is -2.44. The zero-order chi connectivity index (χ0) is 14.2. The van der Waals surface area contributed by atoms with E-state index in [9.17, 15) is 5.11 Å². The molecule has 0 bridgehead atoms. The number of hydrogen-bond donors (Lipinski definition) is 1. The number of rotatable bonds is 4. The Balaban J connectivity index is 1.66. The normalized spacial score (nSPS) is 34.1. The minimum atomic E-state index is -0.335. The average Bonchev–Trinajstić information content (AvgIpc) is 2.46. The predicted octanol–water partition coefficient (Wildman–Crippen LogP) is 3.67. The lowest BCUT2D eigenvalue weighted by atomic mass is 9.69. The fourth-order valence-corrected chi connectivity index (χ4v) is 3.98. The third-order valence-corrected chi connectivity index (χ3v) is 5.60. The maximum atomic E-state index is 10.7. The summed E-state index contributed by atoms with van der Waals surface area (Å²) in [5.41, 5.74) is 2.59. The number of methoxy groups -OCH3 is 1. The third-order valence-electron chi connectivity index (χ3n) is 5.60. The van der Waals surface area contributed by atoms with Gasteiger partial charge >= 0.3 is 0 Å². The van der Waals surface area contributed by atoms with E-state index in [1.807, 2.05) is 0 Å². The molecular weight excluding hydrogens is 248 g/mol. The van der Waals surface area contributed by atoms with Crippen molar-refractivity contribution >= 4 is 0 Å². The Morgan fingerprint density at radius 1 is 1.30 bits per heavy atom. The maximum Gasteiger partial charge on any atom is 0.0936 e. The largest absolute Gasteiger partial charge is 0.390 e. The van der Waals surface area contributed by atoms with Crippen molar-refractivity contribution in [2.45, 2.75) is 63.1 Å². The average molecular weight is 274 g/mol. The molecule has 1 aromatic rings. The van der Waals surface area contributed by atoms with Crippen molar-refractivity contribution in [3.63, 3.8) is 0 Å². The van der Waals surface area contributed by atoms with Crippen LogP contribution in [0.25, 0.3) is 0 Å². The first-order valence-corrected chi connectivity index (χ1v) is 7.95. The summed E-state index contributed by atoms with van der Waals surface area (Å²) in [5, 5.41) is 10.7. The molecule has 2 heteroatoms. The van der Waals surface area contributed by atoms with E-state index in [1.165, 1.54) is 24.0 Å². The van der Waals surface area contributed by atoms with Crippen molar-refractivity contribution in [3.05, 3.63) is 35.4 Å². The fraction of sp³-hybridized carbons (Fsp3) is 0.667. The molecule has 2 aliphatic rings. The molecule has 3 rings (SSSR count). The second-order valence-electron chi connectivity index (χ2n) is 6.80. The van der Waals surface area contributed by atoms with Crippen LogP contribution in [0, 0.1) is 5.92 Å². The van der Waals surface area contributed by atoms with Gasteiger partial charge in [-0.2, -0.15) is 0 Å². The molecule has 2 atom stereocenters. The second-order valence-corrected chi connectivity index (χ2v) is 6.80. The minimum absolute atomic E-state index is 0.295. The molecule has 2 aliphatic carbocycles. The Kier molecular flexibility index (Phi) is 3.87. The van der Waals surface area contributed by atoms with E-state index in [4.69, 9.17) is 4.74 Å². The summed E-state index contributed by atoms with van der Waals surface area (Å²) in [6.07, 6.45) is 5.97. The molecular formula is C18H26O2. The molecule has 0 saturated heterocycles. The molecule has 0 heterocycles. The molecule has 2 nitrogen and oxygen atoms in total. The Bertz CT molecular complexity index is 460. The summed E-state index contributed by atoms with van der Waals surface area (Å²) in [5.74, 6) is 1.29. The first kappa shape index (κ1) is 14.1. The molecule has 110 valence electrons. The van der Waals surface area contributed by atoms with E-state index >= 15 is 0 Å². The highest BCUT2D eigenvalue weighted by molar-refractivity contribution is 5.40. The van der Waals surface area contributed by atoms with E-state index in [0.29, 0.717) is 5.92 Å². The number of hydrogen-bond acceptors (Lipinski definition) is 2. The SMILES string of the molecule is COC1(C(O)CC2Cc3ccccc32)CCC(C)CC1. The van der Waals surface area contributed by atoms with Crippen molar-refractivity contribution in [3.8, 4) is 0 Å². The van der Waals surface area contributed by atoms with Gasteiger partial charge < -0.3 is 9.84 Å². The standard InChI is InChI=1S/C18H26O2/c1-13-7-9-18(20-2,10-8-13)17(19)12-15-11-14-5-3-4-6-16(14)15/h3-6,13,15,17,19H,7-12H2,1-2H3. The van der Waals surface area contributed by atoms with Gasteiger partial charge in [-0.25, -0.2) is 0 Å². The van der Waals surface area contributed by atoms with Crippen LogP contribution < -0.4 is 0 Å². The van der Waals surface area contributed by atoms with Crippen molar-refractivity contribution in [2.24, 2.45) is 5.92 Å². The van der Waals surface area contributed by atoms with Crippen molar-refractivity contribution < 1.29 is 9.84 Å². The zero-order valence-electron chi connectivity index (χ0n) is 12.6. The Morgan fingerprint density at radius 2 is 2.00 bits per heavy atom. The molecule has 0 spiro atoms. The zero-order valence-corrected chi connectivity index (χ0v) is 12.6. The number of ether oxygens (including phenoxy) is 1. The number of aliphatic hydroxyl groups is 1. The molecule has 1 N–H and O–H groups in total. The third kappa shape index (κ3) is 2.40. The van der Waals surface area contributed by atoms with Gasteiger partial charge in [0.1, 0.15) is 0 Å². The van der Waals surface area contributed by atoms with Gasteiger partial charge in [0, 0.05) is 7.11 Å². The van der Waals surface area contributed by atoms with E-state index in [-0.39, 0.29) is 11.7 Å². The summed E-state index contributed by atoms with van der Waals surface area (Å²) < 4.78 is 5.80. The second kappa shape index (κ2) is 5.50. The van der Waals surface area contributed by atoms with Crippen LogP contribution in [-0.2, 0) is 11.2 Å². The van der Waals surface area contributed by atoms with Gasteiger partial charge in [0.25, 0.3) is 0 Å². The van der Waals surface area contributed by atoms with Gasteiger partial charge in [0.2, 0.25) is 0 Å². The lowest BCUT2D eigenvalue weighted by Crippen LogP contribution is -2.48. The fourth-order valence-electron chi connectivity index (χ4n) is 3.98. The first-order valence-electron chi connectivity index (χ1n) is 7.95. The lowest BCUT2D eigenvalue weighted by molar-refractivity contribution is -0.132. The van der Waals surface area contributed by atoms with Crippen LogP contribution in [0.1, 0.15) is 56.1 Å². The summed E-state index contributed by atoms with van der Waals surface area (Å²) in [4.78, 5) is 0. The monoisotopic (exact) mass is 274 g/mol. The van der Waals surface area contributed by atoms with Crippen LogP contribution in [0.15, 0.2) is 24.3 Å². The number of benzene rings is 1. The van der Waals surface area contributed by atoms with Crippen LogP contribution in [0.5, 0.6) is 0 Å². The van der Waals surface area contributed by atoms with Crippen molar-refractivity contribution in [1.82, 2.24) is 0 Å². The van der Waals surface area contributed by atoms with E-state index in [0.717, 1.165) is 31.6 Å². The molecule has 0 aromatic heterocycles. The number of fused-ring (bicyclic) bond motifs is 1. The van der Waals surface area contributed by atoms with Gasteiger partial charge in [-0.15, -0.1) is 0 Å². The van der Waals surface area contributed by atoms with Crippen molar-refractivity contribution in [2.75, 3.05) is 7.11 Å². The van der Waals surface area contributed by atoms with Crippen LogP contribution >= 0.6 is 0 Å². The molecule has 1 saturated carbocycles. The maximum absolute atomic E-state index is 10.7. The Labute approximate surface area is 122 Å².